The van der Waals surface area contributed by atoms with Crippen molar-refractivity contribution in [3.05, 3.63) is 47.0 Å². The second-order valence-corrected chi connectivity index (χ2v) is 5.76. The van der Waals surface area contributed by atoms with Gasteiger partial charge in [-0.25, -0.2) is 0 Å². The molecule has 0 unspecified atom stereocenters. The molecular weight excluding hydrogens is 356 g/mol. The van der Waals surface area contributed by atoms with E-state index in [9.17, 15) is 4.79 Å². The number of carbonyl (C=O) groups excluding carboxylic acids is 1. The fraction of sp³-hybridized carbons (Fsp3) is 0.263. The molecule has 0 aliphatic carbocycles. The zero-order valence-electron chi connectivity index (χ0n) is 14.5. The summed E-state index contributed by atoms with van der Waals surface area (Å²) in [5.41, 5.74) is 1.02. The summed E-state index contributed by atoms with van der Waals surface area (Å²) in [5.74, 6) is 1.39. The van der Waals surface area contributed by atoms with Gasteiger partial charge in [0.15, 0.2) is 11.5 Å². The molecule has 0 aliphatic rings. The first kappa shape index (κ1) is 19.4. The minimum Gasteiger partial charge on any atom is -0.495 e. The highest BCUT2D eigenvalue weighted by Crippen LogP contribution is 2.29. The first-order valence-electron chi connectivity index (χ1n) is 7.91. The first-order chi connectivity index (χ1) is 12.6. The molecule has 0 atom stereocenters. The van der Waals surface area contributed by atoms with E-state index >= 15 is 0 Å². The quantitative estimate of drug-likeness (QED) is 0.705. The van der Waals surface area contributed by atoms with Crippen LogP contribution in [-0.4, -0.2) is 26.7 Å². The Balaban J connectivity index is 1.84. The Kier molecular flexibility index (Phi) is 7.12. The number of carbonyl (C=O) groups is 1. The number of hydrogen-bond donors (Lipinski definition) is 1. The smallest absolute Gasteiger partial charge is 0.224 e. The van der Waals surface area contributed by atoms with Crippen molar-refractivity contribution in [2.45, 2.75) is 12.8 Å². The maximum Gasteiger partial charge on any atom is 0.224 e. The molecular formula is C19H19ClN2O4. The molecule has 26 heavy (non-hydrogen) atoms. The van der Waals surface area contributed by atoms with E-state index in [-0.39, 0.29) is 12.3 Å². The molecule has 1 amide bonds. The molecule has 0 bridgehead atoms. The summed E-state index contributed by atoms with van der Waals surface area (Å²) in [7, 11) is 3.03. The summed E-state index contributed by atoms with van der Waals surface area (Å²) < 4.78 is 16.0. The monoisotopic (exact) mass is 374 g/mol. The predicted octanol–water partition coefficient (Wildman–Crippen LogP) is 4.03. The molecule has 0 radical (unpaired) electrons. The molecule has 0 spiro atoms. The Hall–Kier alpha value is -2.91. The van der Waals surface area contributed by atoms with Crippen molar-refractivity contribution in [2.75, 3.05) is 26.1 Å². The zero-order valence-corrected chi connectivity index (χ0v) is 15.3. The average molecular weight is 375 g/mol. The standard InChI is InChI=1S/C19H19ClN2O4/c1-24-16-8-6-14(20)11-15(16)22-19(23)4-3-9-26-17-7-5-13(12-21)10-18(17)25-2/h5-8,10-11H,3-4,9H2,1-2H3,(H,22,23). The molecule has 136 valence electrons. The van der Waals surface area contributed by atoms with E-state index in [1.54, 1.807) is 36.4 Å². The number of methoxy groups -OCH3 is 2. The number of ether oxygens (including phenoxy) is 3. The number of nitrogens with zero attached hydrogens (tertiary/aromatic N) is 1. The lowest BCUT2D eigenvalue weighted by Gasteiger charge is -2.12. The van der Waals surface area contributed by atoms with Crippen LogP contribution in [0, 0.1) is 11.3 Å². The second kappa shape index (κ2) is 9.54. The molecule has 1 N–H and O–H groups in total. The molecule has 0 saturated carbocycles. The molecule has 0 aromatic heterocycles. The molecule has 0 heterocycles. The van der Waals surface area contributed by atoms with E-state index in [0.29, 0.717) is 46.5 Å². The highest BCUT2D eigenvalue weighted by Gasteiger charge is 2.09. The Morgan fingerprint density at radius 2 is 1.85 bits per heavy atom. The van der Waals surface area contributed by atoms with Crippen molar-refractivity contribution < 1.29 is 19.0 Å². The zero-order chi connectivity index (χ0) is 18.9. The van der Waals surface area contributed by atoms with Gasteiger partial charge in [-0.05, 0) is 36.8 Å². The lowest BCUT2D eigenvalue weighted by Crippen LogP contribution is -2.13. The van der Waals surface area contributed by atoms with Gasteiger partial charge < -0.3 is 19.5 Å². The number of hydrogen-bond acceptors (Lipinski definition) is 5. The van der Waals surface area contributed by atoms with Crippen LogP contribution in [0.5, 0.6) is 17.2 Å². The van der Waals surface area contributed by atoms with Crippen LogP contribution in [-0.2, 0) is 4.79 Å². The number of benzene rings is 2. The van der Waals surface area contributed by atoms with Gasteiger partial charge in [-0.15, -0.1) is 0 Å². The Labute approximate surface area is 157 Å². The van der Waals surface area contributed by atoms with Crippen LogP contribution in [0.4, 0.5) is 5.69 Å². The topological polar surface area (TPSA) is 80.6 Å². The van der Waals surface area contributed by atoms with E-state index in [1.165, 1.54) is 14.2 Å². The summed E-state index contributed by atoms with van der Waals surface area (Å²) in [6.07, 6.45) is 0.784. The number of nitrogens with one attached hydrogen (secondary N) is 1. The SMILES string of the molecule is COc1ccc(Cl)cc1NC(=O)CCCOc1ccc(C#N)cc1OC. The third kappa shape index (κ3) is 5.30. The number of amides is 1. The van der Waals surface area contributed by atoms with Crippen LogP contribution >= 0.6 is 11.6 Å². The third-order valence-electron chi connectivity index (χ3n) is 3.53. The third-order valence-corrected chi connectivity index (χ3v) is 3.77. The summed E-state index contributed by atoms with van der Waals surface area (Å²) in [6.45, 7) is 0.336. The van der Waals surface area contributed by atoms with Crippen molar-refractivity contribution in [3.63, 3.8) is 0 Å². The van der Waals surface area contributed by atoms with Crippen molar-refractivity contribution in [1.29, 1.82) is 5.26 Å². The summed E-state index contributed by atoms with van der Waals surface area (Å²) >= 11 is 5.94. The number of halogens is 1. The maximum absolute atomic E-state index is 12.1. The first-order valence-corrected chi connectivity index (χ1v) is 8.29. The van der Waals surface area contributed by atoms with Gasteiger partial charge in [-0.3, -0.25) is 4.79 Å². The molecule has 2 rings (SSSR count). The summed E-state index contributed by atoms with van der Waals surface area (Å²) in [4.78, 5) is 12.1. The van der Waals surface area contributed by atoms with Crippen LogP contribution in [0.1, 0.15) is 18.4 Å². The van der Waals surface area contributed by atoms with Crippen LogP contribution < -0.4 is 19.5 Å². The van der Waals surface area contributed by atoms with Crippen LogP contribution in [0.25, 0.3) is 0 Å². The molecule has 0 aliphatic heterocycles. The van der Waals surface area contributed by atoms with Crippen molar-refractivity contribution >= 4 is 23.2 Å². The van der Waals surface area contributed by atoms with Gasteiger partial charge in [0.05, 0.1) is 38.1 Å². The molecule has 0 saturated heterocycles. The van der Waals surface area contributed by atoms with Gasteiger partial charge in [0.2, 0.25) is 5.91 Å². The van der Waals surface area contributed by atoms with Gasteiger partial charge >= 0.3 is 0 Å². The summed E-state index contributed by atoms with van der Waals surface area (Å²) in [6, 6.07) is 12.0. The van der Waals surface area contributed by atoms with Gasteiger partial charge in [0.1, 0.15) is 5.75 Å². The highest BCUT2D eigenvalue weighted by atomic mass is 35.5. The van der Waals surface area contributed by atoms with Crippen LogP contribution in [0.3, 0.4) is 0 Å². The van der Waals surface area contributed by atoms with Gasteiger partial charge in [-0.2, -0.15) is 5.26 Å². The minimum absolute atomic E-state index is 0.166. The molecule has 2 aromatic carbocycles. The van der Waals surface area contributed by atoms with E-state index < -0.39 is 0 Å². The fourth-order valence-electron chi connectivity index (χ4n) is 2.26. The average Bonchev–Trinajstić information content (AvgIpc) is 2.65. The van der Waals surface area contributed by atoms with Gasteiger partial charge in [-0.1, -0.05) is 11.6 Å². The van der Waals surface area contributed by atoms with E-state index in [4.69, 9.17) is 31.1 Å². The fourth-order valence-corrected chi connectivity index (χ4v) is 2.43. The van der Waals surface area contributed by atoms with Gasteiger partial charge in [0.25, 0.3) is 0 Å². The van der Waals surface area contributed by atoms with E-state index in [1.807, 2.05) is 6.07 Å². The van der Waals surface area contributed by atoms with Gasteiger partial charge in [0, 0.05) is 17.5 Å². The van der Waals surface area contributed by atoms with Crippen molar-refractivity contribution in [2.24, 2.45) is 0 Å². The Morgan fingerprint density at radius 1 is 1.12 bits per heavy atom. The van der Waals surface area contributed by atoms with E-state index in [2.05, 4.69) is 5.32 Å². The molecule has 0 fully saturated rings. The van der Waals surface area contributed by atoms with Crippen molar-refractivity contribution in [1.82, 2.24) is 0 Å². The minimum atomic E-state index is -0.166. The van der Waals surface area contributed by atoms with E-state index in [0.717, 1.165) is 0 Å². The predicted molar refractivity (Wildman–Crippen MR) is 99.1 cm³/mol. The lowest BCUT2D eigenvalue weighted by atomic mass is 10.2. The normalized spacial score (nSPS) is 9.92. The maximum atomic E-state index is 12.1. The second-order valence-electron chi connectivity index (χ2n) is 5.32. The lowest BCUT2D eigenvalue weighted by molar-refractivity contribution is -0.116. The summed E-state index contributed by atoms with van der Waals surface area (Å²) in [5, 5.41) is 12.2. The highest BCUT2D eigenvalue weighted by molar-refractivity contribution is 6.31. The molecule has 2 aromatic rings. The van der Waals surface area contributed by atoms with Crippen LogP contribution in [0.2, 0.25) is 5.02 Å². The van der Waals surface area contributed by atoms with Crippen molar-refractivity contribution in [3.8, 4) is 23.3 Å². The largest absolute Gasteiger partial charge is 0.495 e. The Morgan fingerprint density at radius 3 is 2.54 bits per heavy atom. The van der Waals surface area contributed by atoms with Crippen LogP contribution in [0.15, 0.2) is 36.4 Å². The number of nitriles is 1. The molecule has 6 nitrogen and oxygen atoms in total. The molecule has 7 heteroatoms. The number of anilines is 1. The Bertz CT molecular complexity index is 818. The number of rotatable bonds is 8.